The summed E-state index contributed by atoms with van der Waals surface area (Å²) in [5, 5.41) is 6.98. The molecule has 2 heterocycles. The summed E-state index contributed by atoms with van der Waals surface area (Å²) in [5.74, 6) is 0. The molecule has 0 atom stereocenters. The Hall–Kier alpha value is -3.02. The Kier molecular flexibility index (Phi) is 9.58. The van der Waals surface area contributed by atoms with Crippen LogP contribution in [-0.4, -0.2) is 27.7 Å². The summed E-state index contributed by atoms with van der Waals surface area (Å²) in [4.78, 5) is 21.0. The Morgan fingerprint density at radius 2 is 1.83 bits per heavy atom. The summed E-state index contributed by atoms with van der Waals surface area (Å²) in [5.41, 5.74) is 7.62. The van der Waals surface area contributed by atoms with Gasteiger partial charge in [-0.1, -0.05) is 46.1 Å². The largest absolute Gasteiger partial charge is 0.372 e. The predicted molar refractivity (Wildman–Crippen MR) is 150 cm³/mol. The third-order valence-corrected chi connectivity index (χ3v) is 6.59. The van der Waals surface area contributed by atoms with E-state index in [-0.39, 0.29) is 5.56 Å². The van der Waals surface area contributed by atoms with Gasteiger partial charge in [-0.3, -0.25) is 9.89 Å². The fourth-order valence-corrected chi connectivity index (χ4v) is 4.54. The minimum Gasteiger partial charge on any atom is -0.372 e. The molecule has 0 amide bonds. The van der Waals surface area contributed by atoms with Gasteiger partial charge in [-0.2, -0.15) is 4.52 Å². The van der Waals surface area contributed by atoms with Gasteiger partial charge < -0.3 is 10.2 Å². The van der Waals surface area contributed by atoms with Crippen molar-refractivity contribution in [2.24, 2.45) is 0 Å². The highest BCUT2D eigenvalue weighted by Crippen LogP contribution is 2.30. The van der Waals surface area contributed by atoms with Crippen molar-refractivity contribution in [2.75, 3.05) is 23.3 Å². The topological polar surface area (TPSA) is 65.4 Å². The van der Waals surface area contributed by atoms with Gasteiger partial charge >= 0.3 is 0 Å². The number of nitrogens with one attached hydrogen (secondary N) is 2. The molecular formula is C29H43N5O. The Balaban J connectivity index is 2.15. The van der Waals surface area contributed by atoms with Crippen LogP contribution in [0.4, 0.5) is 17.1 Å². The number of aromatic nitrogens is 3. The number of benzene rings is 1. The van der Waals surface area contributed by atoms with Gasteiger partial charge in [-0.25, -0.2) is 4.98 Å². The predicted octanol–water partition coefficient (Wildman–Crippen LogP) is 7.03. The first-order chi connectivity index (χ1) is 17.0. The highest BCUT2D eigenvalue weighted by atomic mass is 16.1. The van der Waals surface area contributed by atoms with Crippen molar-refractivity contribution in [3.05, 3.63) is 57.1 Å². The second kappa shape index (κ2) is 12.6. The van der Waals surface area contributed by atoms with Gasteiger partial charge in [-0.15, -0.1) is 0 Å². The molecule has 3 rings (SSSR count). The molecule has 0 aliphatic heterocycles. The molecule has 2 aromatic heterocycles. The second-order valence-electron chi connectivity index (χ2n) is 9.24. The Morgan fingerprint density at radius 1 is 1.06 bits per heavy atom. The fourth-order valence-electron chi connectivity index (χ4n) is 4.54. The van der Waals surface area contributed by atoms with E-state index in [4.69, 9.17) is 4.98 Å². The molecule has 0 saturated carbocycles. The lowest BCUT2D eigenvalue weighted by molar-refractivity contribution is 0.739. The SMILES string of the molecule is CCC/C=C/c1[nH]n2c(=O)c(CCCC)c(CCC)nc2c1Nc1ccc(N(CC)CC)cc1C. The number of rotatable bonds is 13. The maximum Gasteiger partial charge on any atom is 0.276 e. The van der Waals surface area contributed by atoms with Crippen LogP contribution in [0.15, 0.2) is 29.1 Å². The van der Waals surface area contributed by atoms with Crippen molar-refractivity contribution >= 4 is 28.8 Å². The van der Waals surface area contributed by atoms with Crippen LogP contribution >= 0.6 is 0 Å². The van der Waals surface area contributed by atoms with Crippen LogP contribution in [0.5, 0.6) is 0 Å². The third-order valence-electron chi connectivity index (χ3n) is 6.59. The standard InChI is InChI=1S/C29H43N5O/c1-7-12-14-17-26-27(30-24-19-18-22(20-21(24)6)33(10-4)11-5)28-31-25(15-9-3)23(16-13-8-2)29(35)34(28)32-26/h14,17-20,30,32H,7-13,15-16H2,1-6H3/b17-14+. The lowest BCUT2D eigenvalue weighted by Gasteiger charge is -2.22. The Morgan fingerprint density at radius 3 is 2.46 bits per heavy atom. The monoisotopic (exact) mass is 477 g/mol. The van der Waals surface area contributed by atoms with Crippen molar-refractivity contribution in [3.8, 4) is 0 Å². The molecule has 6 nitrogen and oxygen atoms in total. The highest BCUT2D eigenvalue weighted by Gasteiger charge is 2.19. The molecule has 0 bridgehead atoms. The maximum atomic E-state index is 13.6. The van der Waals surface area contributed by atoms with E-state index in [0.717, 1.165) is 91.9 Å². The van der Waals surface area contributed by atoms with E-state index in [1.807, 2.05) is 0 Å². The number of aryl methyl sites for hydroxylation is 2. The molecule has 0 saturated heterocycles. The molecule has 190 valence electrons. The first-order valence-corrected chi connectivity index (χ1v) is 13.4. The van der Waals surface area contributed by atoms with Crippen LogP contribution in [0.2, 0.25) is 0 Å². The number of hydrogen-bond acceptors (Lipinski definition) is 4. The smallest absolute Gasteiger partial charge is 0.276 e. The van der Waals surface area contributed by atoms with Gasteiger partial charge in [0.05, 0.1) is 11.4 Å². The first-order valence-electron chi connectivity index (χ1n) is 13.4. The minimum absolute atomic E-state index is 0.0266. The highest BCUT2D eigenvalue weighted by molar-refractivity contribution is 5.83. The molecule has 2 N–H and O–H groups in total. The lowest BCUT2D eigenvalue weighted by atomic mass is 10.1. The van der Waals surface area contributed by atoms with Gasteiger partial charge in [0, 0.05) is 30.0 Å². The van der Waals surface area contributed by atoms with E-state index >= 15 is 0 Å². The molecule has 35 heavy (non-hydrogen) atoms. The summed E-state index contributed by atoms with van der Waals surface area (Å²) in [6, 6.07) is 6.52. The zero-order valence-corrected chi connectivity index (χ0v) is 22.5. The average molecular weight is 478 g/mol. The molecule has 0 aliphatic rings. The van der Waals surface area contributed by atoms with E-state index in [2.05, 4.69) is 87.2 Å². The molecule has 0 aliphatic carbocycles. The number of unbranched alkanes of at least 4 members (excludes halogenated alkanes) is 2. The van der Waals surface area contributed by atoms with Crippen LogP contribution in [0, 0.1) is 6.92 Å². The zero-order valence-electron chi connectivity index (χ0n) is 22.5. The van der Waals surface area contributed by atoms with Crippen LogP contribution < -0.4 is 15.8 Å². The zero-order chi connectivity index (χ0) is 25.4. The Labute approximate surface area is 210 Å². The number of fused-ring (bicyclic) bond motifs is 1. The third kappa shape index (κ3) is 5.98. The van der Waals surface area contributed by atoms with Crippen molar-refractivity contribution in [3.63, 3.8) is 0 Å². The van der Waals surface area contributed by atoms with Crippen LogP contribution in [0.25, 0.3) is 11.7 Å². The second-order valence-corrected chi connectivity index (χ2v) is 9.24. The van der Waals surface area contributed by atoms with E-state index in [1.165, 1.54) is 5.69 Å². The van der Waals surface area contributed by atoms with Gasteiger partial charge in [0.1, 0.15) is 5.69 Å². The number of anilines is 3. The number of aromatic amines is 1. The summed E-state index contributed by atoms with van der Waals surface area (Å²) in [6.07, 6.45) is 10.9. The number of hydrogen-bond donors (Lipinski definition) is 2. The molecule has 3 aromatic rings. The van der Waals surface area contributed by atoms with Gasteiger partial charge in [0.15, 0.2) is 5.65 Å². The summed E-state index contributed by atoms with van der Waals surface area (Å²) in [6.45, 7) is 14.9. The molecular weight excluding hydrogens is 434 g/mol. The molecule has 0 fully saturated rings. The van der Waals surface area contributed by atoms with Gasteiger partial charge in [-0.05, 0) is 76.3 Å². The minimum atomic E-state index is 0.0266. The molecule has 0 radical (unpaired) electrons. The average Bonchev–Trinajstić information content (AvgIpc) is 3.19. The molecule has 0 unspecified atom stereocenters. The van der Waals surface area contributed by atoms with Crippen LogP contribution in [0.3, 0.4) is 0 Å². The van der Waals surface area contributed by atoms with Crippen LogP contribution in [0.1, 0.15) is 89.2 Å². The number of nitrogens with zero attached hydrogens (tertiary/aromatic N) is 3. The van der Waals surface area contributed by atoms with Crippen molar-refractivity contribution in [2.45, 2.75) is 86.5 Å². The normalized spacial score (nSPS) is 11.6. The molecule has 6 heteroatoms. The Bertz CT molecular complexity index is 1200. The summed E-state index contributed by atoms with van der Waals surface area (Å²) >= 11 is 0. The fraction of sp³-hybridized carbons (Fsp3) is 0.517. The van der Waals surface area contributed by atoms with Crippen molar-refractivity contribution in [1.82, 2.24) is 14.6 Å². The number of allylic oxidation sites excluding steroid dienone is 1. The summed E-state index contributed by atoms with van der Waals surface area (Å²) in [7, 11) is 0. The maximum absolute atomic E-state index is 13.6. The van der Waals surface area contributed by atoms with Crippen molar-refractivity contribution in [1.29, 1.82) is 0 Å². The summed E-state index contributed by atoms with van der Waals surface area (Å²) < 4.78 is 1.64. The quantitative estimate of drug-likeness (QED) is 0.277. The van der Waals surface area contributed by atoms with Gasteiger partial charge in [0.2, 0.25) is 0 Å². The number of H-pyrrole nitrogens is 1. The molecule has 0 spiro atoms. The van der Waals surface area contributed by atoms with E-state index < -0.39 is 0 Å². The van der Waals surface area contributed by atoms with E-state index in [9.17, 15) is 4.79 Å². The van der Waals surface area contributed by atoms with Crippen molar-refractivity contribution < 1.29 is 0 Å². The van der Waals surface area contributed by atoms with Gasteiger partial charge in [0.25, 0.3) is 5.56 Å². The first kappa shape index (κ1) is 26.6. The van der Waals surface area contributed by atoms with E-state index in [1.54, 1.807) is 4.52 Å². The molecule has 1 aromatic carbocycles. The van der Waals surface area contributed by atoms with Crippen LogP contribution in [-0.2, 0) is 12.8 Å². The lowest BCUT2D eigenvalue weighted by Crippen LogP contribution is -2.23. The van der Waals surface area contributed by atoms with E-state index in [0.29, 0.717) is 5.65 Å².